The van der Waals surface area contributed by atoms with E-state index in [-0.39, 0.29) is 0 Å². The molecule has 202 valence electrons. The Morgan fingerprint density at radius 3 is 1.89 bits per heavy atom. The van der Waals surface area contributed by atoms with Crippen LogP contribution in [0.1, 0.15) is 128 Å². The van der Waals surface area contributed by atoms with Crippen LogP contribution in [0, 0.1) is 0 Å². The van der Waals surface area contributed by atoms with Crippen molar-refractivity contribution >= 4 is 8.07 Å². The van der Waals surface area contributed by atoms with Gasteiger partial charge in [0.05, 0.1) is 0 Å². The van der Waals surface area contributed by atoms with Gasteiger partial charge in [0, 0.05) is 8.07 Å². The van der Waals surface area contributed by atoms with Gasteiger partial charge in [-0.2, -0.15) is 0 Å². The minimum Gasteiger partial charge on any atom is -0.0692 e. The third-order valence-electron chi connectivity index (χ3n) is 8.83. The van der Waals surface area contributed by atoms with E-state index >= 15 is 0 Å². The summed E-state index contributed by atoms with van der Waals surface area (Å²) >= 11 is 0. The van der Waals surface area contributed by atoms with Gasteiger partial charge in [-0.15, -0.1) is 0 Å². The molecule has 0 aliphatic rings. The van der Waals surface area contributed by atoms with Gasteiger partial charge in [-0.3, -0.25) is 0 Å². The zero-order chi connectivity index (χ0) is 26.2. The molecule has 0 radical (unpaired) electrons. The Labute approximate surface area is 226 Å². The second kappa shape index (κ2) is 17.2. The summed E-state index contributed by atoms with van der Waals surface area (Å²) in [7, 11) is -0.939. The van der Waals surface area contributed by atoms with Crippen molar-refractivity contribution in [2.24, 2.45) is 0 Å². The van der Waals surface area contributed by atoms with Crippen molar-refractivity contribution < 1.29 is 0 Å². The Hall–Kier alpha value is -1.34. The average Bonchev–Trinajstić information content (AvgIpc) is 2.87. The molecule has 0 aliphatic heterocycles. The summed E-state index contributed by atoms with van der Waals surface area (Å²) in [5, 5.41) is 0. The molecule has 0 saturated carbocycles. The van der Waals surface area contributed by atoms with Crippen LogP contribution in [0.5, 0.6) is 0 Å². The highest BCUT2D eigenvalue weighted by Crippen LogP contribution is 2.28. The lowest BCUT2D eigenvalue weighted by molar-refractivity contribution is 0.574. The van der Waals surface area contributed by atoms with Crippen LogP contribution in [-0.2, 0) is 6.42 Å². The number of rotatable bonds is 19. The average molecular weight is 507 g/mol. The van der Waals surface area contributed by atoms with Crippen LogP contribution >= 0.6 is 0 Å². The first-order valence-corrected chi connectivity index (χ1v) is 18.8. The van der Waals surface area contributed by atoms with Crippen molar-refractivity contribution in [2.75, 3.05) is 0 Å². The topological polar surface area (TPSA) is 0 Å². The Balaban J connectivity index is 1.64. The molecule has 1 heteroatoms. The maximum absolute atomic E-state index is 2.57. The lowest BCUT2D eigenvalue weighted by atomic mass is 9.92. The van der Waals surface area contributed by atoms with Gasteiger partial charge in [0.25, 0.3) is 0 Å². The Kier molecular flexibility index (Phi) is 14.8. The second-order valence-electron chi connectivity index (χ2n) is 12.5. The fraction of sp³-hybridized carbons (Fsp3) is 0.657. The molecule has 1 unspecified atom stereocenters. The molecular weight excluding hydrogens is 448 g/mol. The van der Waals surface area contributed by atoms with Crippen LogP contribution in [0.3, 0.4) is 0 Å². The molecule has 1 atom stereocenters. The quantitative estimate of drug-likeness (QED) is 0.131. The third kappa shape index (κ3) is 11.8. The highest BCUT2D eigenvalue weighted by molar-refractivity contribution is 6.78. The zero-order valence-corrected chi connectivity index (χ0v) is 25.9. The molecule has 2 aromatic carbocycles. The maximum atomic E-state index is 2.57. The van der Waals surface area contributed by atoms with Crippen molar-refractivity contribution in [1.29, 1.82) is 0 Å². The summed E-state index contributed by atoms with van der Waals surface area (Å²) in [6.45, 7) is 14.7. The van der Waals surface area contributed by atoms with Crippen molar-refractivity contribution in [2.45, 2.75) is 148 Å². The summed E-state index contributed by atoms with van der Waals surface area (Å²) in [5.41, 5.74) is 6.65. The first-order chi connectivity index (χ1) is 17.3. The smallest absolute Gasteiger partial charge is 0.0499 e. The third-order valence-corrected chi connectivity index (χ3v) is 13.6. The molecule has 2 rings (SSSR count). The summed E-state index contributed by atoms with van der Waals surface area (Å²) in [6.07, 6.45) is 19.3. The van der Waals surface area contributed by atoms with Crippen LogP contribution in [0.4, 0.5) is 0 Å². The molecule has 0 aliphatic carbocycles. The number of benzene rings is 2. The normalized spacial score (nSPS) is 12.9. The zero-order valence-electron chi connectivity index (χ0n) is 24.9. The van der Waals surface area contributed by atoms with Crippen molar-refractivity contribution in [1.82, 2.24) is 0 Å². The standard InChI is InChI=1S/C35H58Si/c1-7-8-9-16-20-31(4)33-24-26-34(27-25-33)35-23-19-22-32(29-35)21-17-14-12-10-11-13-15-18-28-36(5,6)30(2)3/h19,22-27,29-31H,7-18,20-21,28H2,1-6H3. The maximum Gasteiger partial charge on any atom is 0.0499 e. The first-order valence-electron chi connectivity index (χ1n) is 15.5. The fourth-order valence-electron chi connectivity index (χ4n) is 5.21. The fourth-order valence-corrected chi connectivity index (χ4v) is 6.95. The van der Waals surface area contributed by atoms with E-state index in [1.165, 1.54) is 118 Å². The Morgan fingerprint density at radius 2 is 1.25 bits per heavy atom. The summed E-state index contributed by atoms with van der Waals surface area (Å²) in [5.74, 6) is 0.668. The monoisotopic (exact) mass is 506 g/mol. The van der Waals surface area contributed by atoms with Gasteiger partial charge in [0.1, 0.15) is 0 Å². The second-order valence-corrected chi connectivity index (χ2v) is 18.2. The highest BCUT2D eigenvalue weighted by Gasteiger charge is 2.23. The Morgan fingerprint density at radius 1 is 0.639 bits per heavy atom. The summed E-state index contributed by atoms with van der Waals surface area (Å²) < 4.78 is 0. The van der Waals surface area contributed by atoms with Gasteiger partial charge in [-0.05, 0) is 47.4 Å². The molecule has 2 aromatic rings. The van der Waals surface area contributed by atoms with E-state index in [4.69, 9.17) is 0 Å². The van der Waals surface area contributed by atoms with Gasteiger partial charge < -0.3 is 0 Å². The number of unbranched alkanes of at least 4 members (excludes halogenated alkanes) is 10. The van der Waals surface area contributed by atoms with Gasteiger partial charge in [-0.25, -0.2) is 0 Å². The lowest BCUT2D eigenvalue weighted by Crippen LogP contribution is -2.28. The lowest BCUT2D eigenvalue weighted by Gasteiger charge is -2.26. The molecule has 0 nitrogen and oxygen atoms in total. The number of hydrogen-bond acceptors (Lipinski definition) is 0. The molecule has 0 amide bonds. The van der Waals surface area contributed by atoms with E-state index in [1.807, 2.05) is 0 Å². The molecule has 0 N–H and O–H groups in total. The molecule has 0 heterocycles. The summed E-state index contributed by atoms with van der Waals surface area (Å²) in [6, 6.07) is 20.2. The SMILES string of the molecule is CCCCCCC(C)c1ccc(-c2cccc(CCCCCCCCCC[Si](C)(C)C(C)C)c2)cc1. The van der Waals surface area contributed by atoms with Crippen LogP contribution in [-0.4, -0.2) is 8.07 Å². The van der Waals surface area contributed by atoms with Crippen LogP contribution in [0.25, 0.3) is 11.1 Å². The van der Waals surface area contributed by atoms with Gasteiger partial charge >= 0.3 is 0 Å². The van der Waals surface area contributed by atoms with E-state index in [0.717, 1.165) is 5.54 Å². The Bertz CT molecular complexity index is 817. The molecule has 0 fully saturated rings. The van der Waals surface area contributed by atoms with E-state index in [9.17, 15) is 0 Å². The molecular formula is C35H58Si. The van der Waals surface area contributed by atoms with E-state index < -0.39 is 8.07 Å². The van der Waals surface area contributed by atoms with Crippen molar-refractivity contribution in [3.63, 3.8) is 0 Å². The highest BCUT2D eigenvalue weighted by atomic mass is 28.3. The predicted octanol–water partition coefficient (Wildman–Crippen LogP) is 12.2. The van der Waals surface area contributed by atoms with Gasteiger partial charge in [0.15, 0.2) is 0 Å². The van der Waals surface area contributed by atoms with Crippen LogP contribution in [0.15, 0.2) is 48.5 Å². The van der Waals surface area contributed by atoms with E-state index in [0.29, 0.717) is 5.92 Å². The van der Waals surface area contributed by atoms with E-state index in [2.05, 4.69) is 89.3 Å². The molecule has 36 heavy (non-hydrogen) atoms. The first kappa shape index (κ1) is 30.9. The number of aryl methyl sites for hydroxylation is 1. The van der Waals surface area contributed by atoms with Crippen LogP contribution in [0.2, 0.25) is 24.7 Å². The largest absolute Gasteiger partial charge is 0.0692 e. The predicted molar refractivity (Wildman–Crippen MR) is 167 cm³/mol. The van der Waals surface area contributed by atoms with Crippen LogP contribution < -0.4 is 0 Å². The van der Waals surface area contributed by atoms with Crippen molar-refractivity contribution in [3.8, 4) is 11.1 Å². The molecule has 0 bridgehead atoms. The number of hydrogen-bond donors (Lipinski definition) is 0. The molecule has 0 spiro atoms. The van der Waals surface area contributed by atoms with Gasteiger partial charge in [-0.1, -0.05) is 172 Å². The van der Waals surface area contributed by atoms with E-state index in [1.54, 1.807) is 0 Å². The summed E-state index contributed by atoms with van der Waals surface area (Å²) in [4.78, 5) is 0. The van der Waals surface area contributed by atoms with Crippen molar-refractivity contribution in [3.05, 3.63) is 59.7 Å². The van der Waals surface area contributed by atoms with Gasteiger partial charge in [0.2, 0.25) is 0 Å². The minimum absolute atomic E-state index is 0.668. The minimum atomic E-state index is -0.939. The molecule has 0 saturated heterocycles. The molecule has 0 aromatic heterocycles.